The van der Waals surface area contributed by atoms with Crippen LogP contribution in [0.25, 0.3) is 0 Å². The van der Waals surface area contributed by atoms with Crippen LogP contribution in [0.5, 0.6) is 0 Å². The van der Waals surface area contributed by atoms with Crippen molar-refractivity contribution in [1.82, 2.24) is 5.43 Å². The molecule has 1 aliphatic heterocycles. The van der Waals surface area contributed by atoms with Crippen LogP contribution < -0.4 is 10.3 Å². The number of benzene rings is 2. The number of hydrogen-bond donors (Lipinski definition) is 1. The lowest BCUT2D eigenvalue weighted by atomic mass is 9.78. The summed E-state index contributed by atoms with van der Waals surface area (Å²) in [4.78, 5) is 25.8. The maximum atomic E-state index is 12.2. The van der Waals surface area contributed by atoms with Crippen LogP contribution in [0, 0.1) is 17.0 Å². The number of amides is 1. The Labute approximate surface area is 199 Å². The Bertz CT molecular complexity index is 1060. The number of nitro benzene ring substituents is 1. The minimum absolute atomic E-state index is 0.0308. The van der Waals surface area contributed by atoms with E-state index in [-0.39, 0.29) is 22.9 Å². The standard InChI is InChI=1S/C25H32N4O3S/c1-16(2)28-23-11-17(3)19(12-22(23)18(4)13-25(28,5)6)14-26-27-24(30)15-33-21-9-7-20(8-10-21)29(31)32/h7-12,14,16,18H,13,15H2,1-6H3,(H,27,30)/b26-14+. The first-order chi connectivity index (χ1) is 15.5. The van der Waals surface area contributed by atoms with Crippen molar-refractivity contribution in [3.05, 3.63) is 63.2 Å². The van der Waals surface area contributed by atoms with E-state index in [1.807, 2.05) is 0 Å². The van der Waals surface area contributed by atoms with Crippen LogP contribution >= 0.6 is 11.8 Å². The summed E-state index contributed by atoms with van der Waals surface area (Å²) in [7, 11) is 0. The Kier molecular flexibility index (Phi) is 7.47. The minimum atomic E-state index is -0.444. The number of carbonyl (C=O) groups is 1. The fraction of sp³-hybridized carbons (Fsp3) is 0.440. The fourth-order valence-corrected chi connectivity index (χ4v) is 5.44. The zero-order chi connectivity index (χ0) is 24.3. The van der Waals surface area contributed by atoms with Gasteiger partial charge in [-0.3, -0.25) is 14.9 Å². The van der Waals surface area contributed by atoms with Gasteiger partial charge in [-0.15, -0.1) is 11.8 Å². The molecule has 1 unspecified atom stereocenters. The summed E-state index contributed by atoms with van der Waals surface area (Å²) in [6.45, 7) is 13.4. The fourth-order valence-electron chi connectivity index (χ4n) is 4.75. The van der Waals surface area contributed by atoms with Gasteiger partial charge < -0.3 is 4.90 Å². The van der Waals surface area contributed by atoms with Crippen molar-refractivity contribution in [2.45, 2.75) is 70.4 Å². The van der Waals surface area contributed by atoms with Gasteiger partial charge in [-0.25, -0.2) is 5.43 Å². The molecule has 33 heavy (non-hydrogen) atoms. The Morgan fingerprint density at radius 3 is 2.61 bits per heavy atom. The summed E-state index contributed by atoms with van der Waals surface area (Å²) in [5.74, 6) is 0.380. The number of hydrazone groups is 1. The van der Waals surface area contributed by atoms with Crippen molar-refractivity contribution in [3.63, 3.8) is 0 Å². The summed E-state index contributed by atoms with van der Waals surface area (Å²) in [5, 5.41) is 14.9. The second kappa shape index (κ2) is 9.95. The van der Waals surface area contributed by atoms with Crippen molar-refractivity contribution in [1.29, 1.82) is 0 Å². The van der Waals surface area contributed by atoms with Crippen molar-refractivity contribution in [3.8, 4) is 0 Å². The van der Waals surface area contributed by atoms with E-state index in [0.717, 1.165) is 22.4 Å². The van der Waals surface area contributed by atoms with Crippen LogP contribution in [0.4, 0.5) is 11.4 Å². The number of anilines is 1. The number of rotatable bonds is 7. The molecule has 0 bridgehead atoms. The molecule has 7 nitrogen and oxygen atoms in total. The first-order valence-corrected chi connectivity index (χ1v) is 12.1. The zero-order valence-electron chi connectivity index (χ0n) is 20.1. The summed E-state index contributed by atoms with van der Waals surface area (Å²) < 4.78 is 0. The number of thioether (sulfide) groups is 1. The average molecular weight is 469 g/mol. The normalized spacial score (nSPS) is 17.3. The lowest BCUT2D eigenvalue weighted by Crippen LogP contribution is -2.51. The van der Waals surface area contributed by atoms with E-state index in [1.54, 1.807) is 18.3 Å². The molecule has 0 aliphatic carbocycles. The van der Waals surface area contributed by atoms with E-state index < -0.39 is 4.92 Å². The van der Waals surface area contributed by atoms with Crippen LogP contribution in [0.15, 0.2) is 46.4 Å². The first-order valence-electron chi connectivity index (χ1n) is 11.1. The molecule has 1 aliphatic rings. The third-order valence-corrected chi connectivity index (χ3v) is 7.00. The monoisotopic (exact) mass is 468 g/mol. The molecule has 1 amide bonds. The molecule has 0 radical (unpaired) electrons. The Hall–Kier alpha value is -2.87. The molecule has 0 saturated heterocycles. The molecular formula is C25H32N4O3S. The summed E-state index contributed by atoms with van der Waals surface area (Å²) >= 11 is 1.31. The number of carbonyl (C=O) groups excluding carboxylic acids is 1. The van der Waals surface area contributed by atoms with Crippen LogP contribution in [-0.2, 0) is 4.79 Å². The number of hydrogen-bond acceptors (Lipinski definition) is 6. The Morgan fingerprint density at radius 2 is 2.00 bits per heavy atom. The summed E-state index contributed by atoms with van der Waals surface area (Å²) in [6.07, 6.45) is 2.78. The first kappa shape index (κ1) is 24.8. The van der Waals surface area contributed by atoms with Gasteiger partial charge in [0.25, 0.3) is 5.69 Å². The second-order valence-electron chi connectivity index (χ2n) is 9.48. The van der Waals surface area contributed by atoms with Crippen molar-refractivity contribution < 1.29 is 9.72 Å². The quantitative estimate of drug-likeness (QED) is 0.246. The van der Waals surface area contributed by atoms with Crippen LogP contribution in [-0.4, -0.2) is 34.4 Å². The average Bonchev–Trinajstić information content (AvgIpc) is 2.72. The molecular weight excluding hydrogens is 436 g/mol. The van der Waals surface area contributed by atoms with Gasteiger partial charge in [0.15, 0.2) is 0 Å². The van der Waals surface area contributed by atoms with Crippen LogP contribution in [0.2, 0.25) is 0 Å². The van der Waals surface area contributed by atoms with E-state index in [1.165, 1.54) is 35.1 Å². The maximum Gasteiger partial charge on any atom is 0.269 e. The molecule has 0 saturated carbocycles. The van der Waals surface area contributed by atoms with Gasteiger partial charge in [-0.05, 0) is 87.9 Å². The number of nitrogens with one attached hydrogen (secondary N) is 1. The highest BCUT2D eigenvalue weighted by atomic mass is 32.2. The lowest BCUT2D eigenvalue weighted by Gasteiger charge is -2.50. The smallest absolute Gasteiger partial charge is 0.269 e. The van der Waals surface area contributed by atoms with Crippen molar-refractivity contribution >= 4 is 35.3 Å². The largest absolute Gasteiger partial charge is 0.364 e. The summed E-state index contributed by atoms with van der Waals surface area (Å²) in [5.41, 5.74) is 7.41. The highest BCUT2D eigenvalue weighted by Gasteiger charge is 2.37. The maximum absolute atomic E-state index is 12.2. The van der Waals surface area contributed by atoms with E-state index in [2.05, 4.69) is 69.1 Å². The van der Waals surface area contributed by atoms with E-state index >= 15 is 0 Å². The molecule has 1 atom stereocenters. The SMILES string of the molecule is Cc1cc2c(cc1/C=N/NC(=O)CSc1ccc([N+](=O)[O-])cc1)C(C)CC(C)(C)N2C(C)C. The van der Waals surface area contributed by atoms with Crippen molar-refractivity contribution in [2.75, 3.05) is 10.7 Å². The summed E-state index contributed by atoms with van der Waals surface area (Å²) in [6, 6.07) is 11.0. The van der Waals surface area contributed by atoms with Crippen molar-refractivity contribution in [2.24, 2.45) is 5.10 Å². The van der Waals surface area contributed by atoms with Crippen LogP contribution in [0.1, 0.15) is 63.6 Å². The van der Waals surface area contributed by atoms with Gasteiger partial charge in [0.1, 0.15) is 0 Å². The van der Waals surface area contributed by atoms with E-state index in [4.69, 9.17) is 0 Å². The van der Waals surface area contributed by atoms with Gasteiger partial charge in [-0.2, -0.15) is 5.10 Å². The molecule has 8 heteroatoms. The van der Waals surface area contributed by atoms with E-state index in [0.29, 0.717) is 12.0 Å². The predicted molar refractivity (Wildman–Crippen MR) is 135 cm³/mol. The third kappa shape index (κ3) is 5.74. The number of aryl methyl sites for hydroxylation is 1. The Morgan fingerprint density at radius 1 is 1.33 bits per heavy atom. The molecule has 1 N–H and O–H groups in total. The molecule has 2 aromatic rings. The topological polar surface area (TPSA) is 87.8 Å². The van der Waals surface area contributed by atoms with Crippen LogP contribution in [0.3, 0.4) is 0 Å². The van der Waals surface area contributed by atoms with Gasteiger partial charge in [-0.1, -0.05) is 6.92 Å². The third-order valence-electron chi connectivity index (χ3n) is 5.99. The number of fused-ring (bicyclic) bond motifs is 1. The molecule has 2 aromatic carbocycles. The van der Waals surface area contributed by atoms with Gasteiger partial charge in [0.05, 0.1) is 16.9 Å². The highest BCUT2D eigenvalue weighted by Crippen LogP contribution is 2.45. The molecule has 0 spiro atoms. The minimum Gasteiger partial charge on any atom is -0.364 e. The Balaban J connectivity index is 1.66. The molecule has 0 aromatic heterocycles. The van der Waals surface area contributed by atoms with Gasteiger partial charge >= 0.3 is 0 Å². The number of nitro groups is 1. The van der Waals surface area contributed by atoms with E-state index in [9.17, 15) is 14.9 Å². The van der Waals surface area contributed by atoms with Gasteiger partial charge in [0.2, 0.25) is 5.91 Å². The number of non-ortho nitro benzene ring substituents is 1. The molecule has 0 fully saturated rings. The lowest BCUT2D eigenvalue weighted by molar-refractivity contribution is -0.384. The van der Waals surface area contributed by atoms with Gasteiger partial charge in [0, 0.05) is 34.3 Å². The number of nitrogens with zero attached hydrogens (tertiary/aromatic N) is 3. The molecule has 176 valence electrons. The zero-order valence-corrected chi connectivity index (χ0v) is 20.9. The predicted octanol–water partition coefficient (Wildman–Crippen LogP) is 5.65. The second-order valence-corrected chi connectivity index (χ2v) is 10.5. The molecule has 3 rings (SSSR count). The molecule has 1 heterocycles. The highest BCUT2D eigenvalue weighted by molar-refractivity contribution is 8.00.